The molecule has 1 unspecified atom stereocenters. The van der Waals surface area contributed by atoms with Crippen LogP contribution < -0.4 is 0 Å². The van der Waals surface area contributed by atoms with Gasteiger partial charge in [-0.2, -0.15) is 0 Å². The van der Waals surface area contributed by atoms with Crippen molar-refractivity contribution in [2.75, 3.05) is 0 Å². The number of hydrogen-bond acceptors (Lipinski definition) is 1. The second-order valence-electron chi connectivity index (χ2n) is 3.69. The molecule has 1 fully saturated rings. The van der Waals surface area contributed by atoms with E-state index in [0.29, 0.717) is 6.42 Å². The molecule has 1 aromatic rings. The first kappa shape index (κ1) is 9.02. The monoisotopic (exact) mass is 184 g/mol. The van der Waals surface area contributed by atoms with Gasteiger partial charge in [0.25, 0.3) is 0 Å². The first-order valence-corrected chi connectivity index (χ1v) is 4.86. The Morgan fingerprint density at radius 2 is 2.00 bits per heavy atom. The number of hydrogen-bond donors (Lipinski definition) is 0. The molecule has 2 rings (SSSR count). The third-order valence-corrected chi connectivity index (χ3v) is 2.94. The summed E-state index contributed by atoms with van der Waals surface area (Å²) in [6, 6.07) is 9.69. The Labute approximate surface area is 84.1 Å². The van der Waals surface area contributed by atoms with Crippen LogP contribution in [0.5, 0.6) is 0 Å². The van der Waals surface area contributed by atoms with Crippen molar-refractivity contribution >= 4 is 5.78 Å². The highest BCUT2D eigenvalue weighted by atomic mass is 16.1. The first-order chi connectivity index (χ1) is 6.79. The number of carbonyl (C=O) groups is 1. The molecule has 1 saturated carbocycles. The SMILES string of the molecule is C#CC1(c2ccccc2)CCCC1=O. The van der Waals surface area contributed by atoms with E-state index in [-0.39, 0.29) is 5.78 Å². The predicted molar refractivity (Wildman–Crippen MR) is 55.8 cm³/mol. The molecule has 1 nitrogen and oxygen atoms in total. The van der Waals surface area contributed by atoms with E-state index in [4.69, 9.17) is 6.42 Å². The maximum absolute atomic E-state index is 11.8. The average Bonchev–Trinajstić information content (AvgIpc) is 2.62. The van der Waals surface area contributed by atoms with Crippen LogP contribution in [-0.2, 0) is 10.2 Å². The van der Waals surface area contributed by atoms with Crippen molar-refractivity contribution in [1.82, 2.24) is 0 Å². The van der Waals surface area contributed by atoms with Crippen molar-refractivity contribution in [1.29, 1.82) is 0 Å². The van der Waals surface area contributed by atoms with Crippen LogP contribution in [0.1, 0.15) is 24.8 Å². The maximum atomic E-state index is 11.8. The van der Waals surface area contributed by atoms with Crippen molar-refractivity contribution in [2.45, 2.75) is 24.7 Å². The van der Waals surface area contributed by atoms with Crippen LogP contribution in [0, 0.1) is 12.3 Å². The molecule has 0 radical (unpaired) electrons. The van der Waals surface area contributed by atoms with Gasteiger partial charge in [-0.1, -0.05) is 36.3 Å². The number of Topliss-reactive ketones (excluding diaryl/α,β-unsaturated/α-hetero) is 1. The summed E-state index contributed by atoms with van der Waals surface area (Å²) in [6.07, 6.45) is 7.86. The zero-order valence-electron chi connectivity index (χ0n) is 7.99. The number of ketones is 1. The summed E-state index contributed by atoms with van der Waals surface area (Å²) in [5.41, 5.74) is 0.353. The van der Waals surface area contributed by atoms with Crippen LogP contribution >= 0.6 is 0 Å². The highest BCUT2D eigenvalue weighted by molar-refractivity contribution is 5.95. The number of terminal acetylenes is 1. The molecule has 0 aliphatic heterocycles. The van der Waals surface area contributed by atoms with Gasteiger partial charge in [0.1, 0.15) is 5.41 Å². The summed E-state index contributed by atoms with van der Waals surface area (Å²) in [4.78, 5) is 11.8. The van der Waals surface area contributed by atoms with Crippen molar-refractivity contribution in [3.63, 3.8) is 0 Å². The molecule has 0 N–H and O–H groups in total. The molecular weight excluding hydrogens is 172 g/mol. The highest BCUT2D eigenvalue weighted by Gasteiger charge is 2.41. The number of benzene rings is 1. The van der Waals surface area contributed by atoms with E-state index < -0.39 is 5.41 Å². The molecule has 1 atom stereocenters. The van der Waals surface area contributed by atoms with Crippen LogP contribution in [0.3, 0.4) is 0 Å². The Morgan fingerprint density at radius 3 is 2.50 bits per heavy atom. The van der Waals surface area contributed by atoms with Crippen LogP contribution in [0.4, 0.5) is 0 Å². The lowest BCUT2D eigenvalue weighted by Gasteiger charge is -2.20. The highest BCUT2D eigenvalue weighted by Crippen LogP contribution is 2.37. The Bertz CT molecular complexity index is 385. The van der Waals surface area contributed by atoms with Gasteiger partial charge in [0, 0.05) is 6.42 Å². The third-order valence-electron chi connectivity index (χ3n) is 2.94. The molecule has 14 heavy (non-hydrogen) atoms. The van der Waals surface area contributed by atoms with Gasteiger partial charge in [-0.3, -0.25) is 4.79 Å². The van der Waals surface area contributed by atoms with Crippen LogP contribution in [0.2, 0.25) is 0 Å². The maximum Gasteiger partial charge on any atom is 0.155 e. The zero-order chi connectivity index (χ0) is 10.0. The van der Waals surface area contributed by atoms with E-state index in [1.165, 1.54) is 0 Å². The molecule has 70 valence electrons. The van der Waals surface area contributed by atoms with Crippen molar-refractivity contribution in [3.8, 4) is 12.3 Å². The van der Waals surface area contributed by atoms with Crippen molar-refractivity contribution in [3.05, 3.63) is 35.9 Å². The average molecular weight is 184 g/mol. The van der Waals surface area contributed by atoms with E-state index in [2.05, 4.69) is 5.92 Å². The van der Waals surface area contributed by atoms with E-state index >= 15 is 0 Å². The standard InChI is InChI=1S/C13H12O/c1-2-13(10-6-9-12(13)14)11-7-4-3-5-8-11/h1,3-5,7-8H,6,9-10H2. The van der Waals surface area contributed by atoms with Gasteiger partial charge in [-0.25, -0.2) is 0 Å². The zero-order valence-corrected chi connectivity index (χ0v) is 7.99. The normalized spacial score (nSPS) is 26.1. The molecule has 1 aliphatic rings. The smallest absolute Gasteiger partial charge is 0.155 e. The van der Waals surface area contributed by atoms with Crippen LogP contribution in [0.25, 0.3) is 0 Å². The molecule has 0 aromatic heterocycles. The molecule has 0 bridgehead atoms. The van der Waals surface area contributed by atoms with Crippen molar-refractivity contribution < 1.29 is 4.79 Å². The van der Waals surface area contributed by atoms with Gasteiger partial charge < -0.3 is 0 Å². The van der Waals surface area contributed by atoms with Gasteiger partial charge in [-0.15, -0.1) is 6.42 Å². The minimum Gasteiger partial charge on any atom is -0.298 e. The van der Waals surface area contributed by atoms with Gasteiger partial charge in [0.2, 0.25) is 0 Å². The fourth-order valence-corrected chi connectivity index (χ4v) is 2.13. The summed E-state index contributed by atoms with van der Waals surface area (Å²) in [5, 5.41) is 0. The van der Waals surface area contributed by atoms with Gasteiger partial charge in [0.15, 0.2) is 5.78 Å². The topological polar surface area (TPSA) is 17.1 Å². The van der Waals surface area contributed by atoms with E-state index in [1.807, 2.05) is 30.3 Å². The molecule has 0 amide bonds. The molecular formula is C13H12O. The fraction of sp³-hybridized carbons (Fsp3) is 0.308. The minimum absolute atomic E-state index is 0.200. The number of rotatable bonds is 1. The van der Waals surface area contributed by atoms with Gasteiger partial charge >= 0.3 is 0 Å². The quantitative estimate of drug-likeness (QED) is 0.612. The van der Waals surface area contributed by atoms with Crippen LogP contribution in [0.15, 0.2) is 30.3 Å². The minimum atomic E-state index is -0.624. The third kappa shape index (κ3) is 1.15. The summed E-state index contributed by atoms with van der Waals surface area (Å²) < 4.78 is 0. The molecule has 1 heteroatoms. The molecule has 0 spiro atoms. The summed E-state index contributed by atoms with van der Waals surface area (Å²) >= 11 is 0. The van der Waals surface area contributed by atoms with Gasteiger partial charge in [-0.05, 0) is 18.4 Å². The second kappa shape index (κ2) is 3.31. The van der Waals surface area contributed by atoms with E-state index in [0.717, 1.165) is 18.4 Å². The molecule has 0 saturated heterocycles. The predicted octanol–water partition coefficient (Wildman–Crippen LogP) is 2.31. The molecule has 1 aromatic carbocycles. The first-order valence-electron chi connectivity index (χ1n) is 4.86. The molecule has 1 aliphatic carbocycles. The number of carbonyl (C=O) groups excluding carboxylic acids is 1. The summed E-state index contributed by atoms with van der Waals surface area (Å²) in [6.45, 7) is 0. The summed E-state index contributed by atoms with van der Waals surface area (Å²) in [7, 11) is 0. The Morgan fingerprint density at radius 1 is 1.29 bits per heavy atom. The lowest BCUT2D eigenvalue weighted by atomic mass is 9.79. The van der Waals surface area contributed by atoms with E-state index in [9.17, 15) is 4.79 Å². The van der Waals surface area contributed by atoms with Crippen molar-refractivity contribution in [2.24, 2.45) is 0 Å². The molecule has 0 heterocycles. The van der Waals surface area contributed by atoms with Gasteiger partial charge in [0.05, 0.1) is 0 Å². The van der Waals surface area contributed by atoms with Crippen LogP contribution in [-0.4, -0.2) is 5.78 Å². The summed E-state index contributed by atoms with van der Waals surface area (Å²) in [5.74, 6) is 2.89. The lowest BCUT2D eigenvalue weighted by molar-refractivity contribution is -0.120. The lowest BCUT2D eigenvalue weighted by Crippen LogP contribution is -2.28. The van der Waals surface area contributed by atoms with E-state index in [1.54, 1.807) is 0 Å². The fourth-order valence-electron chi connectivity index (χ4n) is 2.13. The Kier molecular flexibility index (Phi) is 2.13. The Balaban J connectivity index is 2.50. The second-order valence-corrected chi connectivity index (χ2v) is 3.69. The Hall–Kier alpha value is -1.55. The largest absolute Gasteiger partial charge is 0.298 e.